The lowest BCUT2D eigenvalue weighted by atomic mass is 9.93. The van der Waals surface area contributed by atoms with Crippen molar-refractivity contribution in [2.24, 2.45) is 0 Å². The van der Waals surface area contributed by atoms with Gasteiger partial charge in [-0.2, -0.15) is 0 Å². The minimum Gasteiger partial charge on any atom is -0.393 e. The van der Waals surface area contributed by atoms with Crippen molar-refractivity contribution >= 4 is 22.6 Å². The lowest BCUT2D eigenvalue weighted by molar-refractivity contribution is 0.101. The molecule has 0 amide bonds. The molecule has 1 aromatic carbocycles. The number of ketones is 1. The molecule has 0 unspecified atom stereocenters. The summed E-state index contributed by atoms with van der Waals surface area (Å²) < 4.78 is 0. The monoisotopic (exact) mass is 350 g/mol. The Kier molecular flexibility index (Phi) is 4.42. The van der Waals surface area contributed by atoms with E-state index in [1.165, 1.54) is 6.92 Å². The highest BCUT2D eigenvalue weighted by Crippen LogP contribution is 2.29. The summed E-state index contributed by atoms with van der Waals surface area (Å²) in [6, 6.07) is 11.9. The molecule has 0 spiro atoms. The van der Waals surface area contributed by atoms with Gasteiger partial charge < -0.3 is 15.4 Å². The number of aromatic nitrogens is 3. The number of nitrogens with zero attached hydrogens (tertiary/aromatic N) is 2. The van der Waals surface area contributed by atoms with Crippen LogP contribution < -0.4 is 5.32 Å². The van der Waals surface area contributed by atoms with Crippen LogP contribution in [0.4, 0.5) is 5.82 Å². The molecule has 4 rings (SSSR count). The third-order valence-electron chi connectivity index (χ3n) is 4.94. The average Bonchev–Trinajstić information content (AvgIpc) is 3.09. The molecule has 6 heteroatoms. The minimum absolute atomic E-state index is 0.0315. The Bertz CT molecular complexity index is 928. The van der Waals surface area contributed by atoms with Crippen LogP contribution in [0.1, 0.15) is 43.1 Å². The van der Waals surface area contributed by atoms with Gasteiger partial charge in [0.25, 0.3) is 0 Å². The molecule has 0 aliphatic heterocycles. The molecule has 3 aromatic rings. The van der Waals surface area contributed by atoms with Crippen LogP contribution in [0, 0.1) is 0 Å². The van der Waals surface area contributed by atoms with Crippen molar-refractivity contribution in [1.82, 2.24) is 15.0 Å². The number of carbonyl (C=O) groups excluding carboxylic acids is 1. The summed E-state index contributed by atoms with van der Waals surface area (Å²) in [6.45, 7) is 1.53. The Balaban J connectivity index is 1.76. The number of rotatable bonds is 4. The number of carbonyl (C=O) groups is 1. The molecule has 26 heavy (non-hydrogen) atoms. The number of Topliss-reactive ketones (excluding diaryl/α,β-unsaturated/α-hetero) is 1. The van der Waals surface area contributed by atoms with E-state index in [9.17, 15) is 9.90 Å². The summed E-state index contributed by atoms with van der Waals surface area (Å²) in [5, 5.41) is 14.1. The largest absolute Gasteiger partial charge is 0.393 e. The van der Waals surface area contributed by atoms with E-state index in [0.29, 0.717) is 17.2 Å². The summed E-state index contributed by atoms with van der Waals surface area (Å²) in [4.78, 5) is 24.2. The normalized spacial score (nSPS) is 20.2. The van der Waals surface area contributed by atoms with Crippen molar-refractivity contribution in [2.75, 3.05) is 5.32 Å². The van der Waals surface area contributed by atoms with Gasteiger partial charge in [-0.3, -0.25) is 4.79 Å². The van der Waals surface area contributed by atoms with Crippen molar-refractivity contribution in [3.63, 3.8) is 0 Å². The number of nitrogens with one attached hydrogen (secondary N) is 2. The first-order valence-corrected chi connectivity index (χ1v) is 9.02. The lowest BCUT2D eigenvalue weighted by Gasteiger charge is -2.26. The van der Waals surface area contributed by atoms with Crippen LogP contribution in [0.25, 0.3) is 22.4 Å². The maximum Gasteiger partial charge on any atom is 0.176 e. The van der Waals surface area contributed by atoms with Crippen LogP contribution >= 0.6 is 0 Å². The molecule has 0 saturated heterocycles. The van der Waals surface area contributed by atoms with E-state index in [4.69, 9.17) is 4.98 Å². The van der Waals surface area contributed by atoms with E-state index in [2.05, 4.69) is 15.3 Å². The van der Waals surface area contributed by atoms with Gasteiger partial charge in [0, 0.05) is 18.5 Å². The Hall–Kier alpha value is -2.73. The van der Waals surface area contributed by atoms with E-state index < -0.39 is 0 Å². The molecular weight excluding hydrogens is 328 g/mol. The van der Waals surface area contributed by atoms with E-state index in [0.717, 1.165) is 42.5 Å². The first-order valence-electron chi connectivity index (χ1n) is 9.02. The highest BCUT2D eigenvalue weighted by atomic mass is 16.3. The minimum atomic E-state index is -0.199. The lowest BCUT2D eigenvalue weighted by Crippen LogP contribution is -2.28. The second-order valence-electron chi connectivity index (χ2n) is 6.91. The standard InChI is InChI=1S/C20H22N4O2/c1-12(25)17-11-16-19(21-14-7-9-15(26)10-8-14)23-18(24-20(16)22-17)13-5-3-2-4-6-13/h2-6,11,14-15,26H,7-10H2,1H3,(H2,21,22,23,24). The molecule has 1 aliphatic carbocycles. The zero-order valence-electron chi connectivity index (χ0n) is 14.7. The molecule has 1 fully saturated rings. The fourth-order valence-corrected chi connectivity index (χ4v) is 3.44. The predicted octanol–water partition coefficient (Wildman–Crippen LogP) is 3.54. The number of anilines is 1. The van der Waals surface area contributed by atoms with Crippen LogP contribution in [0.5, 0.6) is 0 Å². The zero-order valence-corrected chi connectivity index (χ0v) is 14.7. The highest BCUT2D eigenvalue weighted by Gasteiger charge is 2.21. The maximum absolute atomic E-state index is 11.8. The van der Waals surface area contributed by atoms with Crippen LogP contribution in [-0.4, -0.2) is 38.0 Å². The maximum atomic E-state index is 11.8. The third kappa shape index (κ3) is 3.32. The van der Waals surface area contributed by atoms with Gasteiger partial charge in [-0.05, 0) is 31.7 Å². The number of H-pyrrole nitrogens is 1. The SMILES string of the molecule is CC(=O)c1cc2c(NC3CCC(O)CC3)nc(-c3ccccc3)nc2[nH]1. The predicted molar refractivity (Wildman–Crippen MR) is 101 cm³/mol. The molecule has 2 heterocycles. The Morgan fingerprint density at radius 3 is 2.58 bits per heavy atom. The van der Waals surface area contributed by atoms with Gasteiger partial charge in [-0.25, -0.2) is 9.97 Å². The fraction of sp³-hybridized carbons (Fsp3) is 0.350. The number of hydrogen-bond acceptors (Lipinski definition) is 5. The summed E-state index contributed by atoms with van der Waals surface area (Å²) in [5.74, 6) is 1.32. The van der Waals surface area contributed by atoms with Gasteiger partial charge in [0.05, 0.1) is 17.2 Å². The number of hydrogen-bond donors (Lipinski definition) is 3. The smallest absolute Gasteiger partial charge is 0.176 e. The van der Waals surface area contributed by atoms with Crippen LogP contribution in [0.15, 0.2) is 36.4 Å². The summed E-state index contributed by atoms with van der Waals surface area (Å²) in [6.07, 6.45) is 3.19. The molecule has 6 nitrogen and oxygen atoms in total. The molecule has 134 valence electrons. The van der Waals surface area contributed by atoms with Gasteiger partial charge >= 0.3 is 0 Å². The molecule has 0 bridgehead atoms. The van der Waals surface area contributed by atoms with Gasteiger partial charge in [0.1, 0.15) is 11.5 Å². The van der Waals surface area contributed by atoms with Crippen LogP contribution in [0.3, 0.4) is 0 Å². The summed E-state index contributed by atoms with van der Waals surface area (Å²) in [5.41, 5.74) is 2.11. The van der Waals surface area contributed by atoms with E-state index in [-0.39, 0.29) is 17.9 Å². The summed E-state index contributed by atoms with van der Waals surface area (Å²) in [7, 11) is 0. The van der Waals surface area contributed by atoms with Crippen molar-refractivity contribution in [1.29, 1.82) is 0 Å². The Morgan fingerprint density at radius 2 is 1.88 bits per heavy atom. The van der Waals surface area contributed by atoms with Crippen molar-refractivity contribution in [2.45, 2.75) is 44.8 Å². The number of benzene rings is 1. The summed E-state index contributed by atoms with van der Waals surface area (Å²) >= 11 is 0. The van der Waals surface area contributed by atoms with Gasteiger partial charge in [-0.15, -0.1) is 0 Å². The molecule has 0 atom stereocenters. The fourth-order valence-electron chi connectivity index (χ4n) is 3.44. The Morgan fingerprint density at radius 1 is 1.15 bits per heavy atom. The molecule has 1 saturated carbocycles. The van der Waals surface area contributed by atoms with Gasteiger partial charge in [-0.1, -0.05) is 30.3 Å². The third-order valence-corrected chi connectivity index (χ3v) is 4.94. The molecule has 3 N–H and O–H groups in total. The molecule has 2 aromatic heterocycles. The second kappa shape index (κ2) is 6.88. The van der Waals surface area contributed by atoms with E-state index in [1.807, 2.05) is 36.4 Å². The Labute approximate surface area is 151 Å². The number of aliphatic hydroxyl groups excluding tert-OH is 1. The zero-order chi connectivity index (χ0) is 18.1. The number of aromatic amines is 1. The molecule has 1 aliphatic rings. The van der Waals surface area contributed by atoms with Crippen molar-refractivity contribution in [3.8, 4) is 11.4 Å². The second-order valence-corrected chi connectivity index (χ2v) is 6.91. The van der Waals surface area contributed by atoms with Crippen LogP contribution in [-0.2, 0) is 0 Å². The quantitative estimate of drug-likeness (QED) is 0.626. The first kappa shape index (κ1) is 16.7. The van der Waals surface area contributed by atoms with E-state index in [1.54, 1.807) is 0 Å². The number of fused-ring (bicyclic) bond motifs is 1. The molecular formula is C20H22N4O2. The number of aliphatic hydroxyl groups is 1. The van der Waals surface area contributed by atoms with Crippen molar-refractivity contribution < 1.29 is 9.90 Å². The average molecular weight is 350 g/mol. The van der Waals surface area contributed by atoms with E-state index >= 15 is 0 Å². The topological polar surface area (TPSA) is 90.9 Å². The van der Waals surface area contributed by atoms with Gasteiger partial charge in [0.2, 0.25) is 0 Å². The first-order chi connectivity index (χ1) is 12.6. The van der Waals surface area contributed by atoms with Crippen LogP contribution in [0.2, 0.25) is 0 Å². The molecule has 0 radical (unpaired) electrons. The highest BCUT2D eigenvalue weighted by molar-refractivity contribution is 6.00. The van der Waals surface area contributed by atoms with Gasteiger partial charge in [0.15, 0.2) is 11.6 Å². The van der Waals surface area contributed by atoms with Crippen molar-refractivity contribution in [3.05, 3.63) is 42.1 Å².